The van der Waals surface area contributed by atoms with Gasteiger partial charge in [0.25, 0.3) is 0 Å². The number of hydrogen-bond acceptors (Lipinski definition) is 6. The molecule has 3 rings (SSSR count). The fourth-order valence-electron chi connectivity index (χ4n) is 3.00. The molecule has 1 aliphatic rings. The standard InChI is InChI=1S/C19H26N4O3/c1-19(2,3)26-18(24)23-9-5-4-6-14(23)12-25-17-11-21-16-10-13(20)7-8-15(16)22-17/h7-8,10-11,14H,4-6,9,12,20H2,1-3H3/t14-/m0/s1. The number of benzene rings is 1. The lowest BCUT2D eigenvalue weighted by atomic mass is 10.0. The van der Waals surface area contributed by atoms with Crippen molar-refractivity contribution in [2.24, 2.45) is 0 Å². The molecule has 1 fully saturated rings. The maximum atomic E-state index is 12.5. The van der Waals surface area contributed by atoms with Gasteiger partial charge in [-0.3, -0.25) is 0 Å². The fraction of sp³-hybridized carbons (Fsp3) is 0.526. The average molecular weight is 358 g/mol. The topological polar surface area (TPSA) is 90.6 Å². The van der Waals surface area contributed by atoms with Crippen molar-refractivity contribution in [3.8, 4) is 5.88 Å². The Balaban J connectivity index is 1.66. The van der Waals surface area contributed by atoms with E-state index in [4.69, 9.17) is 15.2 Å². The van der Waals surface area contributed by atoms with E-state index in [2.05, 4.69) is 9.97 Å². The molecule has 1 aromatic heterocycles. The summed E-state index contributed by atoms with van der Waals surface area (Å²) in [5.41, 5.74) is 7.35. The fourth-order valence-corrected chi connectivity index (χ4v) is 3.00. The van der Waals surface area contributed by atoms with Crippen LogP contribution in [0.15, 0.2) is 24.4 Å². The minimum Gasteiger partial charge on any atom is -0.474 e. The molecular weight excluding hydrogens is 332 g/mol. The first-order chi connectivity index (χ1) is 12.3. The highest BCUT2D eigenvalue weighted by Crippen LogP contribution is 2.22. The van der Waals surface area contributed by atoms with Crippen LogP contribution in [0.1, 0.15) is 40.0 Å². The van der Waals surface area contributed by atoms with E-state index in [-0.39, 0.29) is 12.1 Å². The van der Waals surface area contributed by atoms with Crippen LogP contribution in [0.5, 0.6) is 5.88 Å². The van der Waals surface area contributed by atoms with Gasteiger partial charge in [0.15, 0.2) is 0 Å². The molecule has 0 saturated carbocycles. The molecule has 2 aromatic rings. The third-order valence-corrected chi connectivity index (χ3v) is 4.22. The van der Waals surface area contributed by atoms with Gasteiger partial charge < -0.3 is 20.1 Å². The van der Waals surface area contributed by atoms with Crippen molar-refractivity contribution < 1.29 is 14.3 Å². The summed E-state index contributed by atoms with van der Waals surface area (Å²) in [5, 5.41) is 0. The normalized spacial score (nSPS) is 18.0. The van der Waals surface area contributed by atoms with Crippen molar-refractivity contribution in [3.05, 3.63) is 24.4 Å². The Hall–Kier alpha value is -2.57. The quantitative estimate of drug-likeness (QED) is 0.846. The van der Waals surface area contributed by atoms with Gasteiger partial charge >= 0.3 is 6.09 Å². The van der Waals surface area contributed by atoms with Crippen LogP contribution in [0.3, 0.4) is 0 Å². The Morgan fingerprint density at radius 3 is 2.88 bits per heavy atom. The maximum Gasteiger partial charge on any atom is 0.410 e. The van der Waals surface area contributed by atoms with Crippen molar-refractivity contribution >= 4 is 22.8 Å². The van der Waals surface area contributed by atoms with Crippen molar-refractivity contribution in [1.82, 2.24) is 14.9 Å². The van der Waals surface area contributed by atoms with Crippen molar-refractivity contribution in [2.45, 2.75) is 51.7 Å². The van der Waals surface area contributed by atoms with Crippen LogP contribution in [0.4, 0.5) is 10.5 Å². The molecule has 7 heteroatoms. The average Bonchev–Trinajstić information content (AvgIpc) is 2.58. The SMILES string of the molecule is CC(C)(C)OC(=O)N1CCCC[C@H]1COc1cnc2cc(N)ccc2n1. The maximum absolute atomic E-state index is 12.5. The number of carbonyl (C=O) groups excluding carboxylic acids is 1. The molecule has 0 aliphatic carbocycles. The third kappa shape index (κ3) is 4.53. The first kappa shape index (κ1) is 18.2. The largest absolute Gasteiger partial charge is 0.474 e. The highest BCUT2D eigenvalue weighted by Gasteiger charge is 2.31. The van der Waals surface area contributed by atoms with E-state index in [9.17, 15) is 4.79 Å². The highest BCUT2D eigenvalue weighted by atomic mass is 16.6. The van der Waals surface area contributed by atoms with Crippen LogP contribution in [-0.4, -0.2) is 45.8 Å². The second kappa shape index (κ2) is 7.35. The van der Waals surface area contributed by atoms with E-state index in [1.807, 2.05) is 26.8 Å². The van der Waals surface area contributed by atoms with Crippen LogP contribution in [-0.2, 0) is 4.74 Å². The zero-order chi connectivity index (χ0) is 18.7. The molecule has 2 N–H and O–H groups in total. The van der Waals surface area contributed by atoms with Gasteiger partial charge in [0.05, 0.1) is 23.3 Å². The molecule has 2 heterocycles. The van der Waals surface area contributed by atoms with E-state index in [0.717, 1.165) is 30.3 Å². The number of hydrogen-bond donors (Lipinski definition) is 1. The molecule has 1 atom stereocenters. The van der Waals surface area contributed by atoms with Gasteiger partial charge in [0.2, 0.25) is 5.88 Å². The number of carbonyl (C=O) groups is 1. The van der Waals surface area contributed by atoms with Gasteiger partial charge in [-0.1, -0.05) is 0 Å². The minimum atomic E-state index is -0.508. The van der Waals surface area contributed by atoms with E-state index < -0.39 is 5.60 Å². The van der Waals surface area contributed by atoms with E-state index in [1.165, 1.54) is 0 Å². The molecule has 1 amide bonds. The number of likely N-dealkylation sites (tertiary alicyclic amines) is 1. The lowest BCUT2D eigenvalue weighted by molar-refractivity contribution is 0.00335. The molecule has 0 unspecified atom stereocenters. The molecule has 26 heavy (non-hydrogen) atoms. The van der Waals surface area contributed by atoms with E-state index in [1.54, 1.807) is 23.2 Å². The summed E-state index contributed by atoms with van der Waals surface area (Å²) in [6.07, 6.45) is 4.23. The second-order valence-electron chi connectivity index (χ2n) is 7.59. The second-order valence-corrected chi connectivity index (χ2v) is 7.59. The molecule has 1 aliphatic heterocycles. The van der Waals surface area contributed by atoms with Crippen LogP contribution < -0.4 is 10.5 Å². The lowest BCUT2D eigenvalue weighted by Gasteiger charge is -2.36. The Morgan fingerprint density at radius 1 is 1.31 bits per heavy atom. The highest BCUT2D eigenvalue weighted by molar-refractivity contribution is 5.78. The van der Waals surface area contributed by atoms with Crippen molar-refractivity contribution in [1.29, 1.82) is 0 Å². The predicted molar refractivity (Wildman–Crippen MR) is 100 cm³/mol. The Morgan fingerprint density at radius 2 is 2.12 bits per heavy atom. The number of nitrogens with zero attached hydrogens (tertiary/aromatic N) is 3. The summed E-state index contributed by atoms with van der Waals surface area (Å²) in [6, 6.07) is 5.35. The number of fused-ring (bicyclic) bond motifs is 1. The zero-order valence-corrected chi connectivity index (χ0v) is 15.6. The number of piperidine rings is 1. The minimum absolute atomic E-state index is 0.0254. The van der Waals surface area contributed by atoms with Gasteiger partial charge in [-0.2, -0.15) is 0 Å². The third-order valence-electron chi connectivity index (χ3n) is 4.22. The number of nitrogen functional groups attached to an aromatic ring is 1. The van der Waals surface area contributed by atoms with Gasteiger partial charge in [-0.15, -0.1) is 0 Å². The van der Waals surface area contributed by atoms with Gasteiger partial charge in [0.1, 0.15) is 12.2 Å². The number of anilines is 1. The Kier molecular flexibility index (Phi) is 5.15. The lowest BCUT2D eigenvalue weighted by Crippen LogP contribution is -2.48. The van der Waals surface area contributed by atoms with Crippen LogP contribution >= 0.6 is 0 Å². The summed E-state index contributed by atoms with van der Waals surface area (Å²) in [5.74, 6) is 0.442. The molecular formula is C19H26N4O3. The summed E-state index contributed by atoms with van der Waals surface area (Å²) in [6.45, 7) is 6.67. The molecule has 0 radical (unpaired) electrons. The molecule has 0 spiro atoms. The number of amides is 1. The first-order valence-corrected chi connectivity index (χ1v) is 8.96. The van der Waals surface area contributed by atoms with Crippen LogP contribution in [0.25, 0.3) is 11.0 Å². The summed E-state index contributed by atoms with van der Waals surface area (Å²) in [7, 11) is 0. The molecule has 7 nitrogen and oxygen atoms in total. The predicted octanol–water partition coefficient (Wildman–Crippen LogP) is 3.38. The number of ether oxygens (including phenoxy) is 2. The van der Waals surface area contributed by atoms with Crippen molar-refractivity contribution in [2.75, 3.05) is 18.9 Å². The first-order valence-electron chi connectivity index (χ1n) is 8.96. The number of aromatic nitrogens is 2. The zero-order valence-electron chi connectivity index (χ0n) is 15.6. The number of nitrogens with two attached hydrogens (primary N) is 1. The monoisotopic (exact) mass is 358 g/mol. The van der Waals surface area contributed by atoms with Gasteiger partial charge in [-0.25, -0.2) is 14.8 Å². The molecule has 0 bridgehead atoms. The summed E-state index contributed by atoms with van der Waals surface area (Å²) in [4.78, 5) is 23.0. The van der Waals surface area contributed by atoms with Crippen LogP contribution in [0, 0.1) is 0 Å². The van der Waals surface area contributed by atoms with Gasteiger partial charge in [-0.05, 0) is 58.2 Å². The Bertz CT molecular complexity index is 788. The summed E-state index contributed by atoms with van der Waals surface area (Å²) < 4.78 is 11.4. The van der Waals surface area contributed by atoms with Crippen LogP contribution in [0.2, 0.25) is 0 Å². The van der Waals surface area contributed by atoms with E-state index >= 15 is 0 Å². The van der Waals surface area contributed by atoms with Gasteiger partial charge in [0, 0.05) is 12.2 Å². The number of rotatable bonds is 3. The van der Waals surface area contributed by atoms with E-state index in [0.29, 0.717) is 24.7 Å². The molecule has 140 valence electrons. The molecule has 1 aromatic carbocycles. The smallest absolute Gasteiger partial charge is 0.410 e. The molecule has 1 saturated heterocycles. The summed E-state index contributed by atoms with van der Waals surface area (Å²) >= 11 is 0. The Labute approximate surface area is 153 Å². The van der Waals surface area contributed by atoms with Crippen molar-refractivity contribution in [3.63, 3.8) is 0 Å².